The third-order valence-corrected chi connectivity index (χ3v) is 3.55. The first-order valence-electron chi connectivity index (χ1n) is 7.08. The second kappa shape index (κ2) is 5.89. The predicted molar refractivity (Wildman–Crippen MR) is 83.5 cm³/mol. The maximum Gasteiger partial charge on any atom is 0.420 e. The van der Waals surface area contributed by atoms with Crippen LogP contribution < -0.4 is 11.1 Å². The van der Waals surface area contributed by atoms with Gasteiger partial charge in [0.2, 0.25) is 5.91 Å². The predicted octanol–water partition coefficient (Wildman–Crippen LogP) is 2.47. The van der Waals surface area contributed by atoms with Gasteiger partial charge in [-0.15, -0.1) is 0 Å². The van der Waals surface area contributed by atoms with E-state index in [1.807, 2.05) is 37.3 Å². The molecule has 3 rings (SSSR count). The van der Waals surface area contributed by atoms with Crippen molar-refractivity contribution in [2.24, 2.45) is 0 Å². The van der Waals surface area contributed by atoms with Crippen molar-refractivity contribution in [1.29, 1.82) is 0 Å². The van der Waals surface area contributed by atoms with E-state index in [0.29, 0.717) is 11.1 Å². The van der Waals surface area contributed by atoms with Crippen LogP contribution in [-0.2, 0) is 11.3 Å². The summed E-state index contributed by atoms with van der Waals surface area (Å²) in [6.45, 7) is 1.84. The summed E-state index contributed by atoms with van der Waals surface area (Å²) in [5.74, 6) is -0.756. The number of benzene rings is 2. The zero-order valence-electron chi connectivity index (χ0n) is 12.2. The Kier molecular flexibility index (Phi) is 3.78. The number of aromatic nitrogens is 1. The number of carbonyl (C=O) groups excluding carboxylic acids is 1. The van der Waals surface area contributed by atoms with Gasteiger partial charge in [0.15, 0.2) is 5.58 Å². The van der Waals surface area contributed by atoms with Crippen LogP contribution in [0.1, 0.15) is 18.5 Å². The second-order valence-corrected chi connectivity index (χ2v) is 5.12. The minimum atomic E-state index is -0.524. The summed E-state index contributed by atoms with van der Waals surface area (Å²) in [4.78, 5) is 24.0. The zero-order chi connectivity index (χ0) is 15.5. The molecule has 0 spiro atoms. The Morgan fingerprint density at radius 3 is 2.59 bits per heavy atom. The van der Waals surface area contributed by atoms with Crippen molar-refractivity contribution < 1.29 is 9.21 Å². The number of oxazole rings is 1. The van der Waals surface area contributed by atoms with Gasteiger partial charge in [-0.3, -0.25) is 9.36 Å². The molecule has 0 aliphatic heterocycles. The number of nitrogens with zero attached hydrogens (tertiary/aromatic N) is 1. The van der Waals surface area contributed by atoms with Gasteiger partial charge >= 0.3 is 5.76 Å². The van der Waals surface area contributed by atoms with Crippen molar-refractivity contribution >= 4 is 17.0 Å². The van der Waals surface area contributed by atoms with Crippen LogP contribution in [-0.4, -0.2) is 10.5 Å². The first-order valence-corrected chi connectivity index (χ1v) is 7.08. The van der Waals surface area contributed by atoms with Crippen LogP contribution in [0, 0.1) is 0 Å². The van der Waals surface area contributed by atoms with Gasteiger partial charge in [0.25, 0.3) is 0 Å². The van der Waals surface area contributed by atoms with E-state index in [0.717, 1.165) is 5.56 Å². The molecule has 5 heteroatoms. The van der Waals surface area contributed by atoms with Gasteiger partial charge in [0, 0.05) is 0 Å². The Morgan fingerprint density at radius 2 is 1.82 bits per heavy atom. The highest BCUT2D eigenvalue weighted by Crippen LogP contribution is 2.13. The Bertz CT molecular complexity index is 849. The lowest BCUT2D eigenvalue weighted by molar-refractivity contribution is -0.122. The van der Waals surface area contributed by atoms with E-state index in [-0.39, 0.29) is 18.5 Å². The van der Waals surface area contributed by atoms with E-state index in [1.54, 1.807) is 24.3 Å². The largest absolute Gasteiger partial charge is 0.420 e. The van der Waals surface area contributed by atoms with Crippen molar-refractivity contribution in [3.63, 3.8) is 0 Å². The number of rotatable bonds is 4. The Labute approximate surface area is 127 Å². The zero-order valence-corrected chi connectivity index (χ0v) is 12.2. The maximum absolute atomic E-state index is 12.2. The Balaban J connectivity index is 1.76. The van der Waals surface area contributed by atoms with Gasteiger partial charge in [0.1, 0.15) is 6.54 Å². The van der Waals surface area contributed by atoms with Crippen LogP contribution >= 0.6 is 0 Å². The molecule has 1 atom stereocenters. The number of hydrogen-bond donors (Lipinski definition) is 1. The average molecular weight is 296 g/mol. The van der Waals surface area contributed by atoms with E-state index in [1.165, 1.54) is 4.57 Å². The molecule has 3 aromatic rings. The third-order valence-electron chi connectivity index (χ3n) is 3.55. The summed E-state index contributed by atoms with van der Waals surface area (Å²) < 4.78 is 6.45. The lowest BCUT2D eigenvalue weighted by Crippen LogP contribution is -2.32. The maximum atomic E-state index is 12.2. The number of carbonyl (C=O) groups is 1. The molecule has 2 aromatic carbocycles. The van der Waals surface area contributed by atoms with Crippen LogP contribution in [0.25, 0.3) is 11.1 Å². The Hall–Kier alpha value is -2.82. The molecule has 0 saturated carbocycles. The summed E-state index contributed by atoms with van der Waals surface area (Å²) >= 11 is 0. The van der Waals surface area contributed by atoms with Crippen LogP contribution in [0.3, 0.4) is 0 Å². The molecule has 1 heterocycles. The smallest absolute Gasteiger partial charge is 0.408 e. The van der Waals surface area contributed by atoms with Gasteiger partial charge in [0.05, 0.1) is 11.6 Å². The molecule has 0 saturated heterocycles. The third kappa shape index (κ3) is 2.79. The first-order chi connectivity index (χ1) is 10.6. The lowest BCUT2D eigenvalue weighted by Gasteiger charge is -2.14. The van der Waals surface area contributed by atoms with Gasteiger partial charge in [-0.05, 0) is 24.6 Å². The molecule has 0 aliphatic rings. The highest BCUT2D eigenvalue weighted by atomic mass is 16.4. The van der Waals surface area contributed by atoms with Crippen LogP contribution in [0.2, 0.25) is 0 Å². The second-order valence-electron chi connectivity index (χ2n) is 5.12. The van der Waals surface area contributed by atoms with E-state index in [2.05, 4.69) is 5.32 Å². The molecule has 0 aliphatic carbocycles. The molecule has 0 fully saturated rings. The molecule has 1 amide bonds. The molecular formula is C17H16N2O3. The molecule has 112 valence electrons. The van der Waals surface area contributed by atoms with Crippen molar-refractivity contribution in [3.8, 4) is 0 Å². The fourth-order valence-corrected chi connectivity index (χ4v) is 2.42. The summed E-state index contributed by atoms with van der Waals surface area (Å²) in [5.41, 5.74) is 2.12. The van der Waals surface area contributed by atoms with E-state index >= 15 is 0 Å². The summed E-state index contributed by atoms with van der Waals surface area (Å²) in [6.07, 6.45) is 0. The molecule has 1 unspecified atom stereocenters. The normalized spacial score (nSPS) is 12.2. The molecule has 5 nitrogen and oxygen atoms in total. The summed E-state index contributed by atoms with van der Waals surface area (Å²) in [7, 11) is 0. The molecule has 1 N–H and O–H groups in total. The van der Waals surface area contributed by atoms with Crippen LogP contribution in [0.5, 0.6) is 0 Å². The minimum Gasteiger partial charge on any atom is -0.408 e. The van der Waals surface area contributed by atoms with E-state index in [9.17, 15) is 9.59 Å². The standard InChI is InChI=1S/C17H16N2O3/c1-12(13-7-3-2-4-8-13)18-16(20)11-19-14-9-5-6-10-15(14)22-17(19)21/h2-10,12H,11H2,1H3,(H,18,20). The number of para-hydroxylation sites is 2. The fourth-order valence-electron chi connectivity index (χ4n) is 2.42. The number of hydrogen-bond acceptors (Lipinski definition) is 3. The van der Waals surface area contributed by atoms with Gasteiger partial charge in [-0.1, -0.05) is 42.5 Å². The highest BCUT2D eigenvalue weighted by Gasteiger charge is 2.14. The Morgan fingerprint density at radius 1 is 1.14 bits per heavy atom. The number of fused-ring (bicyclic) bond motifs is 1. The van der Waals surface area contributed by atoms with Crippen LogP contribution in [0.4, 0.5) is 0 Å². The van der Waals surface area contributed by atoms with Crippen molar-refractivity contribution in [2.75, 3.05) is 0 Å². The average Bonchev–Trinajstić information content (AvgIpc) is 2.84. The fraction of sp³-hybridized carbons (Fsp3) is 0.176. The summed E-state index contributed by atoms with van der Waals surface area (Å²) in [5, 5.41) is 2.89. The van der Waals surface area contributed by atoms with E-state index in [4.69, 9.17) is 4.42 Å². The minimum absolute atomic E-state index is 0.0625. The lowest BCUT2D eigenvalue weighted by atomic mass is 10.1. The number of nitrogens with one attached hydrogen (secondary N) is 1. The van der Waals surface area contributed by atoms with Gasteiger partial charge in [-0.25, -0.2) is 4.79 Å². The quantitative estimate of drug-likeness (QED) is 0.804. The highest BCUT2D eigenvalue weighted by molar-refractivity contribution is 5.79. The number of amides is 1. The molecule has 0 radical (unpaired) electrons. The summed E-state index contributed by atoms with van der Waals surface area (Å²) in [6, 6.07) is 16.6. The molecular weight excluding hydrogens is 280 g/mol. The SMILES string of the molecule is CC(NC(=O)Cn1c(=O)oc2ccccc21)c1ccccc1. The molecule has 0 bridgehead atoms. The topological polar surface area (TPSA) is 64.2 Å². The van der Waals surface area contributed by atoms with Crippen molar-refractivity contribution in [3.05, 3.63) is 70.7 Å². The van der Waals surface area contributed by atoms with E-state index < -0.39 is 5.76 Å². The monoisotopic (exact) mass is 296 g/mol. The van der Waals surface area contributed by atoms with Crippen molar-refractivity contribution in [1.82, 2.24) is 9.88 Å². The van der Waals surface area contributed by atoms with Crippen molar-refractivity contribution in [2.45, 2.75) is 19.5 Å². The van der Waals surface area contributed by atoms with Gasteiger partial charge < -0.3 is 9.73 Å². The molecule has 22 heavy (non-hydrogen) atoms. The molecule has 1 aromatic heterocycles. The van der Waals surface area contributed by atoms with Crippen LogP contribution in [0.15, 0.2) is 63.8 Å². The first kappa shape index (κ1) is 14.1. The van der Waals surface area contributed by atoms with Gasteiger partial charge in [-0.2, -0.15) is 0 Å².